The van der Waals surface area contributed by atoms with Gasteiger partial charge in [0.15, 0.2) is 0 Å². The van der Waals surface area contributed by atoms with E-state index in [0.717, 1.165) is 16.3 Å². The zero-order valence-corrected chi connectivity index (χ0v) is 15.9. The molecule has 0 unspecified atom stereocenters. The molecule has 3 aromatic carbocycles. The van der Waals surface area contributed by atoms with Crippen molar-refractivity contribution in [3.63, 3.8) is 0 Å². The first-order valence-electron chi connectivity index (χ1n) is 8.04. The van der Waals surface area contributed by atoms with Crippen molar-refractivity contribution in [2.24, 2.45) is 0 Å². The Bertz CT molecular complexity index is 1140. The summed E-state index contributed by atoms with van der Waals surface area (Å²) in [6.45, 7) is 0. The number of nitrogens with zero attached hydrogens (tertiary/aromatic N) is 1. The number of hydrogen-bond acceptors (Lipinski definition) is 1. The van der Waals surface area contributed by atoms with Gasteiger partial charge in [0.1, 0.15) is 0 Å². The second-order valence-electron chi connectivity index (χ2n) is 6.19. The van der Waals surface area contributed by atoms with E-state index in [0.29, 0.717) is 16.8 Å². The van der Waals surface area contributed by atoms with Crippen LogP contribution in [-0.2, 0) is 26.0 Å². The summed E-state index contributed by atoms with van der Waals surface area (Å²) in [6, 6.07) is 23.6. The molecule has 0 bridgehead atoms. The monoisotopic (exact) mass is 521 g/mol. The van der Waals surface area contributed by atoms with Gasteiger partial charge < -0.3 is 0 Å². The molecule has 0 amide bonds. The van der Waals surface area contributed by atoms with Gasteiger partial charge in [0.2, 0.25) is 0 Å². The summed E-state index contributed by atoms with van der Waals surface area (Å²) in [6.07, 6.45) is 1.30. The molecule has 0 N–H and O–H groups in total. The third-order valence-corrected chi connectivity index (χ3v) is 4.73. The SMILES string of the molecule is FC1(F)c2ccccc2-c2cc(-c3[c-]c4ccccc4cc3)ncc21.[Ir]. The van der Waals surface area contributed by atoms with Gasteiger partial charge >= 0.3 is 5.92 Å². The van der Waals surface area contributed by atoms with Crippen LogP contribution >= 0.6 is 0 Å². The van der Waals surface area contributed by atoms with Crippen molar-refractivity contribution in [2.75, 3.05) is 0 Å². The maximum Gasteiger partial charge on any atom is 0.301 e. The molecule has 1 radical (unpaired) electrons. The van der Waals surface area contributed by atoms with Gasteiger partial charge in [-0.2, -0.15) is 8.78 Å². The molecule has 0 aliphatic heterocycles. The zero-order chi connectivity index (χ0) is 17.0. The van der Waals surface area contributed by atoms with Crippen LogP contribution in [-0.4, -0.2) is 4.98 Å². The van der Waals surface area contributed by atoms with Gasteiger partial charge in [-0.05, 0) is 11.1 Å². The van der Waals surface area contributed by atoms with Crippen LogP contribution in [0.15, 0.2) is 72.9 Å². The van der Waals surface area contributed by atoms with Gasteiger partial charge in [-0.3, -0.25) is 4.98 Å². The molecule has 4 heteroatoms. The summed E-state index contributed by atoms with van der Waals surface area (Å²) in [4.78, 5) is 4.29. The topological polar surface area (TPSA) is 12.9 Å². The average molecular weight is 521 g/mol. The van der Waals surface area contributed by atoms with Gasteiger partial charge in [0.25, 0.3) is 0 Å². The number of alkyl halides is 2. The Morgan fingerprint density at radius 3 is 2.46 bits per heavy atom. The fourth-order valence-electron chi connectivity index (χ4n) is 3.48. The predicted molar refractivity (Wildman–Crippen MR) is 94.4 cm³/mol. The third-order valence-electron chi connectivity index (χ3n) is 4.73. The number of hydrogen-bond donors (Lipinski definition) is 0. The molecule has 0 fully saturated rings. The van der Waals surface area contributed by atoms with Crippen LogP contribution in [0.2, 0.25) is 0 Å². The standard InChI is InChI=1S/C22H12F2N.Ir/c23-22(24)19-8-4-3-7-17(19)18-12-21(25-13-20(18)22)16-10-9-14-5-1-2-6-15(14)11-16;/h1-10,12-13H;/q-1;. The second kappa shape index (κ2) is 6.08. The minimum absolute atomic E-state index is 0. The van der Waals surface area contributed by atoms with E-state index in [1.54, 1.807) is 24.3 Å². The van der Waals surface area contributed by atoms with Gasteiger partial charge in [0, 0.05) is 37.6 Å². The molecule has 0 atom stereocenters. The number of aromatic nitrogens is 1. The Labute approximate surface area is 163 Å². The number of benzene rings is 3. The van der Waals surface area contributed by atoms with Crippen LogP contribution in [0.3, 0.4) is 0 Å². The quantitative estimate of drug-likeness (QED) is 0.288. The summed E-state index contributed by atoms with van der Waals surface area (Å²) < 4.78 is 29.2. The Balaban J connectivity index is 0.00000168. The van der Waals surface area contributed by atoms with Gasteiger partial charge in [-0.25, -0.2) is 0 Å². The van der Waals surface area contributed by atoms with Crippen LogP contribution < -0.4 is 0 Å². The first-order valence-corrected chi connectivity index (χ1v) is 8.04. The number of halogens is 2. The molecule has 5 rings (SSSR count). The summed E-state index contributed by atoms with van der Waals surface area (Å²) >= 11 is 0. The summed E-state index contributed by atoms with van der Waals surface area (Å²) in [5.74, 6) is -3.00. The molecular formula is C22H12F2IrN-. The Morgan fingerprint density at radius 1 is 0.808 bits per heavy atom. The molecule has 1 aromatic heterocycles. The molecule has 0 spiro atoms. The van der Waals surface area contributed by atoms with Crippen molar-refractivity contribution in [2.45, 2.75) is 5.92 Å². The maximum absolute atomic E-state index is 14.6. The molecule has 1 aliphatic rings. The van der Waals surface area contributed by atoms with Crippen molar-refractivity contribution < 1.29 is 28.9 Å². The van der Waals surface area contributed by atoms with Gasteiger partial charge in [0.05, 0.1) is 5.56 Å². The molecule has 129 valence electrons. The van der Waals surface area contributed by atoms with Gasteiger partial charge in [-0.15, -0.1) is 29.7 Å². The molecule has 0 saturated heterocycles. The summed E-state index contributed by atoms with van der Waals surface area (Å²) in [5, 5.41) is 2.07. The van der Waals surface area contributed by atoms with Crippen molar-refractivity contribution in [1.29, 1.82) is 0 Å². The molecular weight excluding hydrogens is 508 g/mol. The van der Waals surface area contributed by atoms with Crippen molar-refractivity contribution >= 4 is 10.8 Å². The van der Waals surface area contributed by atoms with Crippen LogP contribution in [0.1, 0.15) is 11.1 Å². The largest absolute Gasteiger partial charge is 0.301 e. The van der Waals surface area contributed by atoms with E-state index >= 15 is 0 Å². The molecule has 1 aliphatic carbocycles. The molecule has 1 nitrogen and oxygen atoms in total. The van der Waals surface area contributed by atoms with E-state index in [2.05, 4.69) is 11.1 Å². The van der Waals surface area contributed by atoms with Crippen molar-refractivity contribution in [3.8, 4) is 22.4 Å². The van der Waals surface area contributed by atoms with E-state index in [-0.39, 0.29) is 31.2 Å². The fraction of sp³-hybridized carbons (Fsp3) is 0.0455. The van der Waals surface area contributed by atoms with E-state index in [1.807, 2.05) is 36.4 Å². The van der Waals surface area contributed by atoms with Crippen LogP contribution in [0, 0.1) is 6.07 Å². The van der Waals surface area contributed by atoms with E-state index in [1.165, 1.54) is 12.3 Å². The Kier molecular flexibility index (Phi) is 3.98. The van der Waals surface area contributed by atoms with Crippen LogP contribution in [0.25, 0.3) is 33.2 Å². The number of rotatable bonds is 1. The van der Waals surface area contributed by atoms with E-state index < -0.39 is 5.92 Å². The molecule has 0 saturated carbocycles. The van der Waals surface area contributed by atoms with Gasteiger partial charge in [-0.1, -0.05) is 59.5 Å². The minimum atomic E-state index is -3.00. The first-order chi connectivity index (χ1) is 12.1. The van der Waals surface area contributed by atoms with Crippen molar-refractivity contribution in [3.05, 3.63) is 90.1 Å². The number of pyridine rings is 1. The average Bonchev–Trinajstić information content (AvgIpc) is 2.89. The fourth-order valence-corrected chi connectivity index (χ4v) is 3.48. The van der Waals surface area contributed by atoms with Crippen molar-refractivity contribution in [1.82, 2.24) is 4.98 Å². The van der Waals surface area contributed by atoms with E-state index in [9.17, 15) is 8.78 Å². The maximum atomic E-state index is 14.6. The zero-order valence-electron chi connectivity index (χ0n) is 13.5. The smallest absolute Gasteiger partial charge is 0.295 e. The summed E-state index contributed by atoms with van der Waals surface area (Å²) in [5.41, 5.74) is 2.59. The summed E-state index contributed by atoms with van der Waals surface area (Å²) in [7, 11) is 0. The number of fused-ring (bicyclic) bond motifs is 4. The van der Waals surface area contributed by atoms with Crippen LogP contribution in [0.5, 0.6) is 0 Å². The normalized spacial score (nSPS) is 13.8. The Morgan fingerprint density at radius 2 is 1.58 bits per heavy atom. The second-order valence-corrected chi connectivity index (χ2v) is 6.19. The van der Waals surface area contributed by atoms with E-state index in [4.69, 9.17) is 0 Å². The molecule has 1 heterocycles. The first kappa shape index (κ1) is 17.0. The minimum Gasteiger partial charge on any atom is -0.295 e. The van der Waals surface area contributed by atoms with Crippen LogP contribution in [0.4, 0.5) is 8.78 Å². The third kappa shape index (κ3) is 2.41. The molecule has 26 heavy (non-hydrogen) atoms. The Hall–Kier alpha value is -2.42. The molecule has 4 aromatic rings. The predicted octanol–water partition coefficient (Wildman–Crippen LogP) is 5.82.